The lowest BCUT2D eigenvalue weighted by molar-refractivity contribution is -0.137. The van der Waals surface area contributed by atoms with Crippen LogP contribution in [0.3, 0.4) is 0 Å². The number of carbonyl (C=O) groups excluding carboxylic acids is 1. The summed E-state index contributed by atoms with van der Waals surface area (Å²) in [6.07, 6.45) is -4.61. The Kier molecular flexibility index (Phi) is 5.04. The molecule has 3 aromatic carbocycles. The van der Waals surface area contributed by atoms with Gasteiger partial charge >= 0.3 is 6.18 Å². The molecule has 144 valence electrons. The first kappa shape index (κ1) is 19.3. The average Bonchev–Trinajstić information content (AvgIpc) is 2.63. The number of rotatable bonds is 4. The minimum Gasteiger partial charge on any atom is -0.456 e. The van der Waals surface area contributed by atoms with Crippen molar-refractivity contribution in [3.8, 4) is 22.6 Å². The number of ether oxygens (including phenoxy) is 1. The molecule has 8 heteroatoms. The van der Waals surface area contributed by atoms with Gasteiger partial charge in [0.25, 0.3) is 5.91 Å². The summed E-state index contributed by atoms with van der Waals surface area (Å²) in [6.45, 7) is 0. The molecule has 0 atom stereocenters. The maximum absolute atomic E-state index is 14.9. The average molecular weight is 393 g/mol. The Morgan fingerprint density at radius 3 is 2.21 bits per heavy atom. The summed E-state index contributed by atoms with van der Waals surface area (Å²) < 4.78 is 72.1. The smallest absolute Gasteiger partial charge is 0.416 e. The van der Waals surface area contributed by atoms with E-state index < -0.39 is 34.8 Å². The molecule has 0 bridgehead atoms. The molecule has 0 fully saturated rings. The maximum Gasteiger partial charge on any atom is 0.416 e. The van der Waals surface area contributed by atoms with Gasteiger partial charge in [-0.05, 0) is 54.1 Å². The second-order valence-corrected chi connectivity index (χ2v) is 5.80. The van der Waals surface area contributed by atoms with Crippen molar-refractivity contribution >= 4 is 5.91 Å². The SMILES string of the molecule is NC(=O)c1c(Oc2ccc(F)cc2)ccc(-c2cccc(C(F)(F)F)c2)c1F. The van der Waals surface area contributed by atoms with Gasteiger partial charge in [-0.2, -0.15) is 13.2 Å². The van der Waals surface area contributed by atoms with E-state index in [1.165, 1.54) is 30.3 Å². The molecule has 2 N–H and O–H groups in total. The van der Waals surface area contributed by atoms with Crippen molar-refractivity contribution in [2.24, 2.45) is 5.73 Å². The van der Waals surface area contributed by atoms with Crippen LogP contribution in [0.4, 0.5) is 22.0 Å². The molecule has 3 nitrogen and oxygen atoms in total. The van der Waals surface area contributed by atoms with Crippen LogP contribution in [0.1, 0.15) is 15.9 Å². The van der Waals surface area contributed by atoms with Crippen molar-refractivity contribution in [1.29, 1.82) is 0 Å². The molecule has 3 aromatic rings. The van der Waals surface area contributed by atoms with Gasteiger partial charge in [0, 0.05) is 5.56 Å². The lowest BCUT2D eigenvalue weighted by Crippen LogP contribution is -2.15. The van der Waals surface area contributed by atoms with Gasteiger partial charge in [0.1, 0.15) is 28.7 Å². The van der Waals surface area contributed by atoms with Gasteiger partial charge in [0.05, 0.1) is 5.56 Å². The lowest BCUT2D eigenvalue weighted by Gasteiger charge is -2.14. The van der Waals surface area contributed by atoms with E-state index in [-0.39, 0.29) is 22.6 Å². The monoisotopic (exact) mass is 393 g/mol. The van der Waals surface area contributed by atoms with Crippen molar-refractivity contribution in [2.45, 2.75) is 6.18 Å². The summed E-state index contributed by atoms with van der Waals surface area (Å²) in [6, 6.07) is 11.1. The Hall–Kier alpha value is -3.42. The minimum absolute atomic E-state index is 0.0804. The maximum atomic E-state index is 14.9. The highest BCUT2D eigenvalue weighted by atomic mass is 19.4. The molecule has 0 unspecified atom stereocenters. The van der Waals surface area contributed by atoms with E-state index >= 15 is 0 Å². The van der Waals surface area contributed by atoms with E-state index in [9.17, 15) is 26.7 Å². The van der Waals surface area contributed by atoms with E-state index in [1.807, 2.05) is 0 Å². The first-order chi connectivity index (χ1) is 13.2. The third-order valence-electron chi connectivity index (χ3n) is 3.89. The Morgan fingerprint density at radius 1 is 0.929 bits per heavy atom. The van der Waals surface area contributed by atoms with Crippen LogP contribution in [0.5, 0.6) is 11.5 Å². The fourth-order valence-corrected chi connectivity index (χ4v) is 2.59. The Labute approximate surface area is 156 Å². The summed E-state index contributed by atoms with van der Waals surface area (Å²) >= 11 is 0. The lowest BCUT2D eigenvalue weighted by atomic mass is 9.99. The highest BCUT2D eigenvalue weighted by Crippen LogP contribution is 2.36. The van der Waals surface area contributed by atoms with Gasteiger partial charge in [-0.3, -0.25) is 4.79 Å². The molecule has 0 heterocycles. The second-order valence-electron chi connectivity index (χ2n) is 5.80. The number of nitrogens with two attached hydrogens (primary N) is 1. The number of hydrogen-bond acceptors (Lipinski definition) is 2. The fourth-order valence-electron chi connectivity index (χ4n) is 2.59. The number of amides is 1. The van der Waals surface area contributed by atoms with E-state index in [1.54, 1.807) is 0 Å². The van der Waals surface area contributed by atoms with Crippen molar-refractivity contribution < 1.29 is 31.5 Å². The normalized spacial score (nSPS) is 11.3. The van der Waals surface area contributed by atoms with Crippen molar-refractivity contribution in [1.82, 2.24) is 0 Å². The van der Waals surface area contributed by atoms with Crippen LogP contribution in [-0.2, 0) is 6.18 Å². The Bertz CT molecular complexity index is 1030. The Balaban J connectivity index is 2.07. The molecular formula is C20H12F5NO2. The predicted molar refractivity (Wildman–Crippen MR) is 91.8 cm³/mol. The molecule has 0 aromatic heterocycles. The summed E-state index contributed by atoms with van der Waals surface area (Å²) in [4.78, 5) is 11.8. The molecule has 0 saturated carbocycles. The molecule has 0 spiro atoms. The third-order valence-corrected chi connectivity index (χ3v) is 3.89. The molecule has 0 aliphatic heterocycles. The second kappa shape index (κ2) is 7.30. The highest BCUT2D eigenvalue weighted by molar-refractivity contribution is 5.97. The van der Waals surface area contributed by atoms with Crippen LogP contribution in [0.25, 0.3) is 11.1 Å². The minimum atomic E-state index is -4.61. The molecule has 0 aliphatic rings. The molecule has 0 radical (unpaired) electrons. The molecule has 28 heavy (non-hydrogen) atoms. The van der Waals surface area contributed by atoms with E-state index in [4.69, 9.17) is 10.5 Å². The van der Waals surface area contributed by atoms with Gasteiger partial charge < -0.3 is 10.5 Å². The van der Waals surface area contributed by atoms with Gasteiger partial charge in [-0.1, -0.05) is 12.1 Å². The standard InChI is InChI=1S/C20H12F5NO2/c21-13-4-6-14(7-5-13)28-16-9-8-15(18(22)17(16)19(26)27)11-2-1-3-12(10-11)20(23,24)25/h1-10H,(H2,26,27). The third kappa shape index (κ3) is 3.95. The predicted octanol–water partition coefficient (Wildman–Crippen LogP) is 5.54. The van der Waals surface area contributed by atoms with Crippen LogP contribution >= 0.6 is 0 Å². The number of halogens is 5. The summed E-state index contributed by atoms with van der Waals surface area (Å²) in [7, 11) is 0. The number of hydrogen-bond donors (Lipinski definition) is 1. The van der Waals surface area contributed by atoms with Gasteiger partial charge in [0.2, 0.25) is 0 Å². The van der Waals surface area contributed by atoms with Crippen LogP contribution in [0.2, 0.25) is 0 Å². The summed E-state index contributed by atoms with van der Waals surface area (Å²) in [5.74, 6) is -2.93. The van der Waals surface area contributed by atoms with Crippen LogP contribution in [0.15, 0.2) is 60.7 Å². The highest BCUT2D eigenvalue weighted by Gasteiger charge is 2.31. The largest absolute Gasteiger partial charge is 0.456 e. The molecule has 0 aliphatic carbocycles. The van der Waals surface area contributed by atoms with Gasteiger partial charge in [-0.15, -0.1) is 0 Å². The molecular weight excluding hydrogens is 381 g/mol. The molecule has 0 saturated heterocycles. The zero-order valence-electron chi connectivity index (χ0n) is 14.1. The number of benzene rings is 3. The first-order valence-electron chi connectivity index (χ1n) is 7.90. The van der Waals surface area contributed by atoms with Crippen LogP contribution in [-0.4, -0.2) is 5.91 Å². The number of alkyl halides is 3. The first-order valence-corrected chi connectivity index (χ1v) is 7.90. The quantitative estimate of drug-likeness (QED) is 0.592. The van der Waals surface area contributed by atoms with Crippen molar-refractivity contribution in [2.75, 3.05) is 0 Å². The van der Waals surface area contributed by atoms with E-state index in [0.29, 0.717) is 0 Å². The zero-order valence-corrected chi connectivity index (χ0v) is 14.1. The topological polar surface area (TPSA) is 52.3 Å². The van der Waals surface area contributed by atoms with Crippen LogP contribution in [0, 0.1) is 11.6 Å². The van der Waals surface area contributed by atoms with Crippen molar-refractivity contribution in [3.63, 3.8) is 0 Å². The number of carbonyl (C=O) groups is 1. The molecule has 3 rings (SSSR count). The molecule has 1 amide bonds. The van der Waals surface area contributed by atoms with Crippen LogP contribution < -0.4 is 10.5 Å². The van der Waals surface area contributed by atoms with E-state index in [0.717, 1.165) is 30.3 Å². The summed E-state index contributed by atoms with van der Waals surface area (Å²) in [5.41, 5.74) is 3.33. The zero-order chi connectivity index (χ0) is 20.5. The summed E-state index contributed by atoms with van der Waals surface area (Å²) in [5, 5.41) is 0. The fraction of sp³-hybridized carbons (Fsp3) is 0.0500. The van der Waals surface area contributed by atoms with Gasteiger partial charge in [-0.25, -0.2) is 8.78 Å². The van der Waals surface area contributed by atoms with E-state index in [2.05, 4.69) is 0 Å². The Morgan fingerprint density at radius 2 is 1.61 bits per heavy atom. The van der Waals surface area contributed by atoms with Gasteiger partial charge in [0.15, 0.2) is 0 Å². The number of primary amides is 1. The van der Waals surface area contributed by atoms with Crippen molar-refractivity contribution in [3.05, 3.63) is 83.4 Å².